The van der Waals surface area contributed by atoms with E-state index >= 15 is 0 Å². The fourth-order valence-electron chi connectivity index (χ4n) is 1.32. The van der Waals surface area contributed by atoms with Crippen molar-refractivity contribution in [1.82, 2.24) is 5.16 Å². The summed E-state index contributed by atoms with van der Waals surface area (Å²) in [5, 5.41) is 6.55. The zero-order valence-electron chi connectivity index (χ0n) is 8.63. The molecule has 1 N–H and O–H groups in total. The average molecular weight is 224 g/mol. The third-order valence-electron chi connectivity index (χ3n) is 2.07. The summed E-state index contributed by atoms with van der Waals surface area (Å²) in [6.07, 6.45) is 0. The number of rotatable bonds is 3. The van der Waals surface area contributed by atoms with E-state index in [0.717, 1.165) is 6.07 Å². The van der Waals surface area contributed by atoms with Gasteiger partial charge in [0.1, 0.15) is 23.1 Å². The van der Waals surface area contributed by atoms with E-state index in [4.69, 9.17) is 4.52 Å². The Morgan fingerprint density at radius 3 is 2.75 bits per heavy atom. The topological polar surface area (TPSA) is 38.1 Å². The van der Waals surface area contributed by atoms with Crippen molar-refractivity contribution in [3.8, 4) is 0 Å². The Bertz CT molecular complexity index is 496. The third-order valence-corrected chi connectivity index (χ3v) is 2.07. The second-order valence-corrected chi connectivity index (χ2v) is 3.41. The Balaban J connectivity index is 2.04. The van der Waals surface area contributed by atoms with Crippen LogP contribution in [0.25, 0.3) is 0 Å². The van der Waals surface area contributed by atoms with E-state index in [1.54, 1.807) is 13.0 Å². The Kier molecular flexibility index (Phi) is 2.85. The van der Waals surface area contributed by atoms with Crippen LogP contribution in [0.3, 0.4) is 0 Å². The molecule has 0 aliphatic heterocycles. The molecule has 0 bridgehead atoms. The van der Waals surface area contributed by atoms with E-state index < -0.39 is 11.6 Å². The lowest BCUT2D eigenvalue weighted by atomic mass is 10.3. The highest BCUT2D eigenvalue weighted by Gasteiger charge is 2.04. The minimum atomic E-state index is -0.625. The highest BCUT2D eigenvalue weighted by atomic mass is 19.1. The first-order valence-electron chi connectivity index (χ1n) is 4.76. The van der Waals surface area contributed by atoms with Crippen LogP contribution in [0.4, 0.5) is 14.5 Å². The van der Waals surface area contributed by atoms with Gasteiger partial charge in [0.05, 0.1) is 12.2 Å². The number of aromatic nitrogens is 1. The monoisotopic (exact) mass is 224 g/mol. The fraction of sp³-hybridized carbons (Fsp3) is 0.182. The highest BCUT2D eigenvalue weighted by molar-refractivity contribution is 5.44. The van der Waals surface area contributed by atoms with Crippen molar-refractivity contribution in [2.24, 2.45) is 0 Å². The second-order valence-electron chi connectivity index (χ2n) is 3.41. The van der Waals surface area contributed by atoms with E-state index in [2.05, 4.69) is 10.5 Å². The maximum Gasteiger partial charge on any atom is 0.149 e. The SMILES string of the molecule is Cc1cc(CNc2ccc(F)cc2F)no1. The van der Waals surface area contributed by atoms with Crippen LogP contribution in [0.5, 0.6) is 0 Å². The molecule has 0 spiro atoms. The van der Waals surface area contributed by atoms with E-state index in [9.17, 15) is 8.78 Å². The molecule has 84 valence electrons. The molecule has 0 saturated heterocycles. The third kappa shape index (κ3) is 2.36. The number of hydrogen-bond acceptors (Lipinski definition) is 3. The standard InChI is InChI=1S/C11H10F2N2O/c1-7-4-9(15-16-7)6-14-11-3-2-8(12)5-10(11)13/h2-5,14H,6H2,1H3. The van der Waals surface area contributed by atoms with Gasteiger partial charge in [-0.1, -0.05) is 5.16 Å². The first-order chi connectivity index (χ1) is 7.65. The second kappa shape index (κ2) is 4.30. The van der Waals surface area contributed by atoms with Gasteiger partial charge < -0.3 is 9.84 Å². The van der Waals surface area contributed by atoms with E-state index in [-0.39, 0.29) is 5.69 Å². The summed E-state index contributed by atoms with van der Waals surface area (Å²) in [4.78, 5) is 0. The lowest BCUT2D eigenvalue weighted by molar-refractivity contribution is 0.391. The molecule has 1 aromatic heterocycles. The van der Waals surface area contributed by atoms with Crippen molar-refractivity contribution < 1.29 is 13.3 Å². The smallest absolute Gasteiger partial charge is 0.149 e. The average Bonchev–Trinajstić information content (AvgIpc) is 2.63. The Labute approximate surface area is 91.1 Å². The first-order valence-corrected chi connectivity index (χ1v) is 4.76. The normalized spacial score (nSPS) is 10.4. The molecule has 0 saturated carbocycles. The molecule has 0 amide bonds. The number of halogens is 2. The number of nitrogens with one attached hydrogen (secondary N) is 1. The van der Waals surface area contributed by atoms with Gasteiger partial charge in [0.2, 0.25) is 0 Å². The predicted molar refractivity (Wildman–Crippen MR) is 54.9 cm³/mol. The van der Waals surface area contributed by atoms with Crippen LogP contribution in [0.15, 0.2) is 28.8 Å². The Morgan fingerprint density at radius 1 is 1.31 bits per heavy atom. The van der Waals surface area contributed by atoms with Gasteiger partial charge in [-0.3, -0.25) is 0 Å². The van der Waals surface area contributed by atoms with Gasteiger partial charge in [0.15, 0.2) is 0 Å². The molecule has 0 atom stereocenters. The summed E-state index contributed by atoms with van der Waals surface area (Å²) in [5.74, 6) is -0.531. The van der Waals surface area contributed by atoms with Gasteiger partial charge in [-0.05, 0) is 19.1 Å². The summed E-state index contributed by atoms with van der Waals surface area (Å²) < 4.78 is 30.7. The van der Waals surface area contributed by atoms with Crippen LogP contribution < -0.4 is 5.32 Å². The molecule has 0 aliphatic carbocycles. The van der Waals surface area contributed by atoms with Crippen molar-refractivity contribution in [3.63, 3.8) is 0 Å². The number of benzene rings is 1. The molecule has 1 heterocycles. The lowest BCUT2D eigenvalue weighted by Gasteiger charge is -2.04. The zero-order valence-corrected chi connectivity index (χ0v) is 8.63. The van der Waals surface area contributed by atoms with Crippen LogP contribution in [-0.4, -0.2) is 5.16 Å². The van der Waals surface area contributed by atoms with Crippen LogP contribution in [0, 0.1) is 18.6 Å². The molecule has 16 heavy (non-hydrogen) atoms. The van der Waals surface area contributed by atoms with E-state index in [1.165, 1.54) is 12.1 Å². The van der Waals surface area contributed by atoms with Crippen molar-refractivity contribution in [2.75, 3.05) is 5.32 Å². The van der Waals surface area contributed by atoms with Crippen molar-refractivity contribution in [2.45, 2.75) is 13.5 Å². The molecule has 0 unspecified atom stereocenters. The maximum atomic E-state index is 13.2. The van der Waals surface area contributed by atoms with Gasteiger partial charge in [0, 0.05) is 12.1 Å². The molecule has 0 radical (unpaired) electrons. The van der Waals surface area contributed by atoms with Gasteiger partial charge in [-0.2, -0.15) is 0 Å². The molecular weight excluding hydrogens is 214 g/mol. The van der Waals surface area contributed by atoms with Crippen LogP contribution in [0.1, 0.15) is 11.5 Å². The van der Waals surface area contributed by atoms with Gasteiger partial charge in [0.25, 0.3) is 0 Å². The molecule has 0 aliphatic rings. The number of anilines is 1. The number of aryl methyl sites for hydroxylation is 1. The fourth-order valence-corrected chi connectivity index (χ4v) is 1.32. The maximum absolute atomic E-state index is 13.2. The predicted octanol–water partition coefficient (Wildman–Crippen LogP) is 2.87. The molecule has 2 aromatic rings. The molecule has 1 aromatic carbocycles. The van der Waals surface area contributed by atoms with Gasteiger partial charge in [-0.25, -0.2) is 8.78 Å². The summed E-state index contributed by atoms with van der Waals surface area (Å²) >= 11 is 0. The van der Waals surface area contributed by atoms with Crippen molar-refractivity contribution in [3.05, 3.63) is 47.4 Å². The van der Waals surface area contributed by atoms with E-state index in [1.807, 2.05) is 0 Å². The van der Waals surface area contributed by atoms with Crippen molar-refractivity contribution >= 4 is 5.69 Å². The quantitative estimate of drug-likeness (QED) is 0.871. The summed E-state index contributed by atoms with van der Waals surface area (Å²) in [6, 6.07) is 5.11. The summed E-state index contributed by atoms with van der Waals surface area (Å²) in [7, 11) is 0. The summed E-state index contributed by atoms with van der Waals surface area (Å²) in [5.41, 5.74) is 0.906. The molecule has 3 nitrogen and oxygen atoms in total. The number of nitrogens with zero attached hydrogens (tertiary/aromatic N) is 1. The van der Waals surface area contributed by atoms with Crippen LogP contribution >= 0.6 is 0 Å². The Morgan fingerprint density at radius 2 is 2.12 bits per heavy atom. The lowest BCUT2D eigenvalue weighted by Crippen LogP contribution is -2.01. The zero-order chi connectivity index (χ0) is 11.5. The minimum Gasteiger partial charge on any atom is -0.377 e. The number of hydrogen-bond donors (Lipinski definition) is 1. The summed E-state index contributed by atoms with van der Waals surface area (Å²) in [6.45, 7) is 2.11. The molecular formula is C11H10F2N2O. The highest BCUT2D eigenvalue weighted by Crippen LogP contribution is 2.15. The van der Waals surface area contributed by atoms with Crippen LogP contribution in [0.2, 0.25) is 0 Å². The largest absolute Gasteiger partial charge is 0.377 e. The van der Waals surface area contributed by atoms with Crippen molar-refractivity contribution in [1.29, 1.82) is 0 Å². The minimum absolute atomic E-state index is 0.238. The van der Waals surface area contributed by atoms with Gasteiger partial charge >= 0.3 is 0 Å². The van der Waals surface area contributed by atoms with Crippen LogP contribution in [-0.2, 0) is 6.54 Å². The first kappa shape index (κ1) is 10.6. The molecule has 0 fully saturated rings. The molecule has 5 heteroatoms. The van der Waals surface area contributed by atoms with E-state index in [0.29, 0.717) is 18.0 Å². The van der Waals surface area contributed by atoms with Gasteiger partial charge in [-0.15, -0.1) is 0 Å². The molecule has 2 rings (SSSR count). The Hall–Kier alpha value is -1.91.